The lowest BCUT2D eigenvalue weighted by Gasteiger charge is -2.30. The Bertz CT molecular complexity index is 608. The van der Waals surface area contributed by atoms with Gasteiger partial charge in [-0.3, -0.25) is 9.59 Å². The number of nitrogens with one attached hydrogen (secondary N) is 1. The van der Waals surface area contributed by atoms with E-state index in [9.17, 15) is 9.59 Å². The molecule has 1 aliphatic carbocycles. The minimum absolute atomic E-state index is 0.0390. The second kappa shape index (κ2) is 6.09. The molecule has 2 amide bonds. The van der Waals surface area contributed by atoms with E-state index < -0.39 is 5.41 Å². The minimum Gasteiger partial charge on any atom is -0.342 e. The van der Waals surface area contributed by atoms with Gasteiger partial charge in [-0.05, 0) is 44.2 Å². The van der Waals surface area contributed by atoms with Crippen LogP contribution in [-0.4, -0.2) is 29.8 Å². The van der Waals surface area contributed by atoms with E-state index in [1.807, 2.05) is 4.90 Å². The monoisotopic (exact) mass is 340 g/mol. The highest BCUT2D eigenvalue weighted by molar-refractivity contribution is 6.44. The summed E-state index contributed by atoms with van der Waals surface area (Å²) in [5.41, 5.74) is -0.444. The number of hydrogen-bond donors (Lipinski definition) is 1. The molecule has 0 spiro atoms. The van der Waals surface area contributed by atoms with E-state index in [2.05, 4.69) is 5.32 Å². The van der Waals surface area contributed by atoms with Crippen LogP contribution in [0.25, 0.3) is 0 Å². The highest BCUT2D eigenvalue weighted by atomic mass is 35.5. The quantitative estimate of drug-likeness (QED) is 0.852. The molecular formula is C16H18Cl2N2O2. The van der Waals surface area contributed by atoms with Gasteiger partial charge in [-0.2, -0.15) is 0 Å². The van der Waals surface area contributed by atoms with Gasteiger partial charge in [0, 0.05) is 13.1 Å². The van der Waals surface area contributed by atoms with Crippen LogP contribution in [0.2, 0.25) is 10.0 Å². The maximum Gasteiger partial charge on any atom is 0.240 e. The number of rotatable bonds is 3. The Balaban J connectivity index is 1.73. The van der Waals surface area contributed by atoms with Crippen molar-refractivity contribution in [3.8, 4) is 0 Å². The van der Waals surface area contributed by atoms with E-state index in [0.29, 0.717) is 28.6 Å². The number of carbonyl (C=O) groups excluding carboxylic acids is 2. The number of hydrogen-bond acceptors (Lipinski definition) is 2. The second-order valence-corrected chi connectivity index (χ2v) is 6.78. The molecule has 22 heavy (non-hydrogen) atoms. The zero-order chi connectivity index (χ0) is 15.7. The maximum atomic E-state index is 12.7. The molecule has 1 aromatic rings. The van der Waals surface area contributed by atoms with Gasteiger partial charge in [0.2, 0.25) is 11.8 Å². The lowest BCUT2D eigenvalue weighted by Crippen LogP contribution is -2.45. The van der Waals surface area contributed by atoms with E-state index in [1.54, 1.807) is 18.2 Å². The van der Waals surface area contributed by atoms with Gasteiger partial charge in [0.1, 0.15) is 5.41 Å². The van der Waals surface area contributed by atoms with E-state index in [1.165, 1.54) is 0 Å². The van der Waals surface area contributed by atoms with Crippen molar-refractivity contribution in [3.05, 3.63) is 28.2 Å². The highest BCUT2D eigenvalue weighted by Gasteiger charge is 2.58. The van der Waals surface area contributed by atoms with Crippen molar-refractivity contribution in [2.75, 3.05) is 18.4 Å². The van der Waals surface area contributed by atoms with Gasteiger partial charge in [0.05, 0.1) is 15.7 Å². The van der Waals surface area contributed by atoms with Crippen LogP contribution in [0.4, 0.5) is 5.69 Å². The fourth-order valence-electron chi connectivity index (χ4n) is 2.90. The average Bonchev–Trinajstić information content (AvgIpc) is 3.34. The molecule has 0 bridgehead atoms. The van der Waals surface area contributed by atoms with E-state index >= 15 is 0 Å². The summed E-state index contributed by atoms with van der Waals surface area (Å²) in [7, 11) is 0. The Hall–Kier alpha value is -1.26. The standard InChI is InChI=1S/C16H18Cl2N2O2/c17-11-5-4-6-12(13(11)18)19-14(21)16(7-8-16)15(22)20-9-2-1-3-10-20/h4-6H,1-3,7-10H2,(H,19,21). The molecule has 6 heteroatoms. The second-order valence-electron chi connectivity index (χ2n) is 5.99. The first kappa shape index (κ1) is 15.6. The molecule has 2 fully saturated rings. The molecule has 3 rings (SSSR count). The van der Waals surface area contributed by atoms with Crippen LogP contribution in [0.1, 0.15) is 32.1 Å². The molecule has 118 valence electrons. The van der Waals surface area contributed by atoms with Crippen LogP contribution in [0, 0.1) is 5.41 Å². The van der Waals surface area contributed by atoms with Gasteiger partial charge < -0.3 is 10.2 Å². The molecule has 1 N–H and O–H groups in total. The molecule has 0 radical (unpaired) electrons. The Morgan fingerprint density at radius 3 is 2.41 bits per heavy atom. The van der Waals surface area contributed by atoms with E-state index in [-0.39, 0.29) is 11.8 Å². The minimum atomic E-state index is -0.900. The first-order chi connectivity index (χ1) is 10.5. The summed E-state index contributed by atoms with van der Waals surface area (Å²) in [6, 6.07) is 5.06. The molecular weight excluding hydrogens is 323 g/mol. The molecule has 1 heterocycles. The number of amides is 2. The lowest BCUT2D eigenvalue weighted by molar-refractivity contribution is -0.143. The van der Waals surface area contributed by atoms with Gasteiger partial charge in [-0.1, -0.05) is 29.3 Å². The smallest absolute Gasteiger partial charge is 0.240 e. The summed E-state index contributed by atoms with van der Waals surface area (Å²) in [5, 5.41) is 3.46. The van der Waals surface area contributed by atoms with Gasteiger partial charge in [0.15, 0.2) is 0 Å². The summed E-state index contributed by atoms with van der Waals surface area (Å²) in [6.45, 7) is 1.51. The van der Waals surface area contributed by atoms with Gasteiger partial charge >= 0.3 is 0 Å². The molecule has 1 aliphatic heterocycles. The first-order valence-corrected chi connectivity index (χ1v) is 8.35. The van der Waals surface area contributed by atoms with Crippen LogP contribution in [0.5, 0.6) is 0 Å². The van der Waals surface area contributed by atoms with Gasteiger partial charge in [0.25, 0.3) is 0 Å². The fourth-order valence-corrected chi connectivity index (χ4v) is 3.25. The zero-order valence-corrected chi connectivity index (χ0v) is 13.7. The first-order valence-electron chi connectivity index (χ1n) is 7.59. The van der Waals surface area contributed by atoms with Gasteiger partial charge in [-0.15, -0.1) is 0 Å². The molecule has 1 aromatic carbocycles. The van der Waals surface area contributed by atoms with Crippen molar-refractivity contribution in [1.82, 2.24) is 4.90 Å². The molecule has 0 unspecified atom stereocenters. The van der Waals surface area contributed by atoms with Crippen LogP contribution >= 0.6 is 23.2 Å². The Morgan fingerprint density at radius 2 is 1.77 bits per heavy atom. The normalized spacial score (nSPS) is 19.6. The predicted octanol–water partition coefficient (Wildman–Crippen LogP) is 3.72. The molecule has 0 atom stereocenters. The van der Waals surface area contributed by atoms with Crippen molar-refractivity contribution < 1.29 is 9.59 Å². The third-order valence-electron chi connectivity index (χ3n) is 4.44. The summed E-state index contributed by atoms with van der Waals surface area (Å²) in [4.78, 5) is 27.1. The molecule has 0 aromatic heterocycles. The van der Waals surface area contributed by atoms with Crippen LogP contribution in [-0.2, 0) is 9.59 Å². The number of nitrogens with zero attached hydrogens (tertiary/aromatic N) is 1. The number of likely N-dealkylation sites (tertiary alicyclic amines) is 1. The third kappa shape index (κ3) is 2.82. The molecule has 4 nitrogen and oxygen atoms in total. The average molecular weight is 341 g/mol. The van der Waals surface area contributed by atoms with Gasteiger partial charge in [-0.25, -0.2) is 0 Å². The molecule has 1 saturated carbocycles. The van der Waals surface area contributed by atoms with Crippen molar-refractivity contribution in [1.29, 1.82) is 0 Å². The SMILES string of the molecule is O=C(Nc1cccc(Cl)c1Cl)C1(C(=O)N2CCCCC2)CC1. The Morgan fingerprint density at radius 1 is 1.09 bits per heavy atom. The third-order valence-corrected chi connectivity index (χ3v) is 5.26. The zero-order valence-electron chi connectivity index (χ0n) is 12.2. The van der Waals surface area contributed by atoms with E-state index in [4.69, 9.17) is 23.2 Å². The summed E-state index contributed by atoms with van der Waals surface area (Å²) in [5.74, 6) is -0.310. The predicted molar refractivity (Wildman–Crippen MR) is 87.2 cm³/mol. The summed E-state index contributed by atoms with van der Waals surface area (Å²) >= 11 is 12.0. The Kier molecular flexibility index (Phi) is 4.33. The fraction of sp³-hybridized carbons (Fsp3) is 0.500. The van der Waals surface area contributed by atoms with E-state index in [0.717, 1.165) is 32.4 Å². The van der Waals surface area contributed by atoms with Crippen molar-refractivity contribution in [3.63, 3.8) is 0 Å². The van der Waals surface area contributed by atoms with Crippen molar-refractivity contribution in [2.45, 2.75) is 32.1 Å². The Labute approximate surface area is 139 Å². The topological polar surface area (TPSA) is 49.4 Å². The highest BCUT2D eigenvalue weighted by Crippen LogP contribution is 2.49. The van der Waals surface area contributed by atoms with Crippen molar-refractivity contribution >= 4 is 40.7 Å². The maximum absolute atomic E-state index is 12.7. The number of anilines is 1. The summed E-state index contributed by atoms with van der Waals surface area (Å²) in [6.07, 6.45) is 4.40. The lowest BCUT2D eigenvalue weighted by atomic mass is 10.0. The van der Waals surface area contributed by atoms with Crippen LogP contribution < -0.4 is 5.32 Å². The van der Waals surface area contributed by atoms with Crippen LogP contribution in [0.3, 0.4) is 0 Å². The van der Waals surface area contributed by atoms with Crippen LogP contribution in [0.15, 0.2) is 18.2 Å². The van der Waals surface area contributed by atoms with Crippen molar-refractivity contribution in [2.24, 2.45) is 5.41 Å². The largest absolute Gasteiger partial charge is 0.342 e. The molecule has 2 aliphatic rings. The number of halogens is 2. The number of piperidine rings is 1. The molecule has 1 saturated heterocycles. The number of benzene rings is 1. The summed E-state index contributed by atoms with van der Waals surface area (Å²) < 4.78 is 0. The number of carbonyl (C=O) groups is 2.